The molecule has 4 rings (SSSR count). The fourth-order valence-electron chi connectivity index (χ4n) is 3.27. The van der Waals surface area contributed by atoms with Gasteiger partial charge in [-0.1, -0.05) is 12.1 Å². The van der Waals surface area contributed by atoms with E-state index in [1.54, 1.807) is 18.6 Å². The van der Waals surface area contributed by atoms with Gasteiger partial charge in [0.1, 0.15) is 11.9 Å². The molecule has 0 atom stereocenters. The first kappa shape index (κ1) is 15.8. The molecule has 0 aliphatic carbocycles. The zero-order chi connectivity index (χ0) is 16.9. The molecule has 1 aliphatic rings. The van der Waals surface area contributed by atoms with Gasteiger partial charge in [0.15, 0.2) is 0 Å². The van der Waals surface area contributed by atoms with E-state index in [1.165, 1.54) is 5.56 Å². The van der Waals surface area contributed by atoms with E-state index in [0.717, 1.165) is 43.9 Å². The smallest absolute Gasteiger partial charge is 0.122 e. The summed E-state index contributed by atoms with van der Waals surface area (Å²) in [6.07, 6.45) is 9.74. The number of hydrogen-bond donors (Lipinski definition) is 0. The molecule has 1 saturated heterocycles. The van der Waals surface area contributed by atoms with Crippen LogP contribution in [0.4, 0.5) is 0 Å². The number of likely N-dealkylation sites (tertiary alicyclic amines) is 1. The van der Waals surface area contributed by atoms with Crippen LogP contribution in [0.15, 0.2) is 67.3 Å². The van der Waals surface area contributed by atoms with Gasteiger partial charge in [0.05, 0.1) is 5.69 Å². The minimum absolute atomic E-state index is 0.300. The standard InChI is InChI=1S/C20H22N4O/c1-3-17(15-18(4-1)24-12-2-9-22-24)16-23-13-7-20(8-14-23)25-19-5-10-21-11-6-19/h1-6,9-12,15,20H,7-8,13-14,16H2. The Balaban J connectivity index is 1.32. The number of nitrogens with zero attached hydrogens (tertiary/aromatic N) is 4. The molecule has 0 radical (unpaired) electrons. The molecule has 3 aromatic rings. The maximum atomic E-state index is 6.04. The van der Waals surface area contributed by atoms with E-state index in [4.69, 9.17) is 4.74 Å². The molecule has 3 heterocycles. The molecule has 5 heteroatoms. The highest BCUT2D eigenvalue weighted by Crippen LogP contribution is 2.20. The fraction of sp³-hybridized carbons (Fsp3) is 0.300. The molecular formula is C20H22N4O. The van der Waals surface area contributed by atoms with Crippen molar-refractivity contribution in [1.29, 1.82) is 0 Å². The van der Waals surface area contributed by atoms with E-state index in [0.29, 0.717) is 6.10 Å². The van der Waals surface area contributed by atoms with E-state index in [9.17, 15) is 0 Å². The second-order valence-corrected chi connectivity index (χ2v) is 6.40. The average Bonchev–Trinajstić information content (AvgIpc) is 3.19. The van der Waals surface area contributed by atoms with Crippen LogP contribution in [0.3, 0.4) is 0 Å². The van der Waals surface area contributed by atoms with E-state index in [2.05, 4.69) is 39.2 Å². The van der Waals surface area contributed by atoms with Crippen molar-refractivity contribution in [2.45, 2.75) is 25.5 Å². The average molecular weight is 334 g/mol. The summed E-state index contributed by atoms with van der Waals surface area (Å²) in [4.78, 5) is 6.52. The molecule has 1 aliphatic heterocycles. The van der Waals surface area contributed by atoms with Crippen LogP contribution in [0.1, 0.15) is 18.4 Å². The van der Waals surface area contributed by atoms with Crippen LogP contribution in [0, 0.1) is 0 Å². The highest BCUT2D eigenvalue weighted by atomic mass is 16.5. The Hall–Kier alpha value is -2.66. The molecule has 0 saturated carbocycles. The molecule has 0 amide bonds. The molecule has 0 N–H and O–H groups in total. The van der Waals surface area contributed by atoms with Crippen LogP contribution in [-0.2, 0) is 6.54 Å². The quantitative estimate of drug-likeness (QED) is 0.718. The van der Waals surface area contributed by atoms with Gasteiger partial charge in [-0.15, -0.1) is 0 Å². The number of hydrogen-bond acceptors (Lipinski definition) is 4. The topological polar surface area (TPSA) is 43.2 Å². The molecule has 25 heavy (non-hydrogen) atoms. The van der Waals surface area contributed by atoms with Gasteiger partial charge in [-0.2, -0.15) is 5.10 Å². The predicted molar refractivity (Wildman–Crippen MR) is 96.7 cm³/mol. The van der Waals surface area contributed by atoms with E-state index >= 15 is 0 Å². The van der Waals surface area contributed by atoms with Crippen molar-refractivity contribution in [1.82, 2.24) is 19.7 Å². The first-order valence-corrected chi connectivity index (χ1v) is 8.75. The maximum Gasteiger partial charge on any atom is 0.122 e. The summed E-state index contributed by atoms with van der Waals surface area (Å²) < 4.78 is 7.94. The number of aromatic nitrogens is 3. The normalized spacial score (nSPS) is 16.0. The van der Waals surface area contributed by atoms with E-state index < -0.39 is 0 Å². The number of benzene rings is 1. The van der Waals surface area contributed by atoms with Gasteiger partial charge in [-0.3, -0.25) is 9.88 Å². The van der Waals surface area contributed by atoms with Crippen LogP contribution in [0.5, 0.6) is 5.75 Å². The van der Waals surface area contributed by atoms with Crippen LogP contribution < -0.4 is 4.74 Å². The number of rotatable bonds is 5. The highest BCUT2D eigenvalue weighted by Gasteiger charge is 2.20. The molecule has 128 valence electrons. The lowest BCUT2D eigenvalue weighted by Gasteiger charge is -2.32. The van der Waals surface area contributed by atoms with Crippen molar-refractivity contribution in [3.05, 3.63) is 72.8 Å². The van der Waals surface area contributed by atoms with Crippen LogP contribution in [0.2, 0.25) is 0 Å². The zero-order valence-electron chi connectivity index (χ0n) is 14.2. The minimum atomic E-state index is 0.300. The molecule has 0 unspecified atom stereocenters. The Morgan fingerprint density at radius 2 is 1.84 bits per heavy atom. The van der Waals surface area contributed by atoms with Gasteiger partial charge in [0.25, 0.3) is 0 Å². The molecule has 1 fully saturated rings. The Morgan fingerprint density at radius 1 is 1.00 bits per heavy atom. The molecule has 2 aromatic heterocycles. The summed E-state index contributed by atoms with van der Waals surface area (Å²) in [7, 11) is 0. The Kier molecular flexibility index (Phi) is 4.74. The Morgan fingerprint density at radius 3 is 2.60 bits per heavy atom. The van der Waals surface area contributed by atoms with Gasteiger partial charge in [-0.05, 0) is 48.7 Å². The van der Waals surface area contributed by atoms with E-state index in [-0.39, 0.29) is 0 Å². The minimum Gasteiger partial charge on any atom is -0.490 e. The summed E-state index contributed by atoms with van der Waals surface area (Å²) in [5.74, 6) is 0.917. The molecular weight excluding hydrogens is 312 g/mol. The Labute approximate surface area is 147 Å². The lowest BCUT2D eigenvalue weighted by molar-refractivity contribution is 0.0967. The molecule has 1 aromatic carbocycles. The van der Waals surface area contributed by atoms with Crippen molar-refractivity contribution >= 4 is 0 Å². The second-order valence-electron chi connectivity index (χ2n) is 6.40. The summed E-state index contributed by atoms with van der Waals surface area (Å²) in [5.41, 5.74) is 2.43. The van der Waals surface area contributed by atoms with Gasteiger partial charge < -0.3 is 4.74 Å². The van der Waals surface area contributed by atoms with Crippen molar-refractivity contribution in [3.8, 4) is 11.4 Å². The van der Waals surface area contributed by atoms with Crippen LogP contribution in [0.25, 0.3) is 5.69 Å². The van der Waals surface area contributed by atoms with Crippen LogP contribution in [-0.4, -0.2) is 38.9 Å². The monoisotopic (exact) mass is 334 g/mol. The lowest BCUT2D eigenvalue weighted by atomic mass is 10.1. The van der Waals surface area contributed by atoms with Gasteiger partial charge in [0, 0.05) is 44.4 Å². The number of pyridine rings is 1. The van der Waals surface area contributed by atoms with Crippen molar-refractivity contribution in [2.75, 3.05) is 13.1 Å². The SMILES string of the molecule is c1cc(CN2CCC(Oc3ccncc3)CC2)cc(-n2cccn2)c1. The largest absolute Gasteiger partial charge is 0.490 e. The third kappa shape index (κ3) is 4.06. The van der Waals surface area contributed by atoms with Gasteiger partial charge in [0.2, 0.25) is 0 Å². The summed E-state index contributed by atoms with van der Waals surface area (Å²) in [5, 5.41) is 4.31. The summed E-state index contributed by atoms with van der Waals surface area (Å²) in [6, 6.07) is 14.4. The van der Waals surface area contributed by atoms with Crippen molar-refractivity contribution in [2.24, 2.45) is 0 Å². The fourth-order valence-corrected chi connectivity index (χ4v) is 3.27. The first-order valence-electron chi connectivity index (χ1n) is 8.75. The zero-order valence-corrected chi connectivity index (χ0v) is 14.2. The number of ether oxygens (including phenoxy) is 1. The molecule has 5 nitrogen and oxygen atoms in total. The van der Waals surface area contributed by atoms with Crippen LogP contribution >= 0.6 is 0 Å². The molecule has 0 spiro atoms. The third-order valence-corrected chi connectivity index (χ3v) is 4.57. The van der Waals surface area contributed by atoms with Crippen molar-refractivity contribution < 1.29 is 4.74 Å². The predicted octanol–water partition coefficient (Wildman–Crippen LogP) is 3.31. The number of piperidine rings is 1. The maximum absolute atomic E-state index is 6.04. The lowest BCUT2D eigenvalue weighted by Crippen LogP contribution is -2.37. The Bertz CT molecular complexity index is 780. The summed E-state index contributed by atoms with van der Waals surface area (Å²) in [6.45, 7) is 3.08. The van der Waals surface area contributed by atoms with Gasteiger partial charge >= 0.3 is 0 Å². The third-order valence-electron chi connectivity index (χ3n) is 4.57. The first-order chi connectivity index (χ1) is 12.4. The second kappa shape index (κ2) is 7.49. The van der Waals surface area contributed by atoms with Gasteiger partial charge in [-0.25, -0.2) is 4.68 Å². The summed E-state index contributed by atoms with van der Waals surface area (Å²) >= 11 is 0. The van der Waals surface area contributed by atoms with E-state index in [1.807, 2.05) is 29.1 Å². The molecule has 0 bridgehead atoms. The highest BCUT2D eigenvalue weighted by molar-refractivity contribution is 5.35. The van der Waals surface area contributed by atoms with Crippen molar-refractivity contribution in [3.63, 3.8) is 0 Å².